The minimum Gasteiger partial charge on any atom is -0.504 e. The summed E-state index contributed by atoms with van der Waals surface area (Å²) in [5.74, 6) is -0.672. The minimum atomic E-state index is -0.265. The number of carbonyl (C=O) groups is 1. The topological polar surface area (TPSA) is 72.8 Å². The summed E-state index contributed by atoms with van der Waals surface area (Å²) in [6, 6.07) is 5.05. The Labute approximate surface area is 111 Å². The molecule has 3 N–H and O–H groups in total. The molecular weight excluding hydrogens is 244 g/mol. The largest absolute Gasteiger partial charge is 0.504 e. The first kappa shape index (κ1) is 12.3. The SMILES string of the molecule is O=C(NC1CCN(C2CC2)C1)c1ccc(O)c(O)c1. The van der Waals surface area contributed by atoms with Crippen LogP contribution < -0.4 is 5.32 Å². The second-order valence-electron chi connectivity index (χ2n) is 5.39. The number of hydrogen-bond acceptors (Lipinski definition) is 4. The van der Waals surface area contributed by atoms with E-state index in [4.69, 9.17) is 0 Å². The molecule has 0 radical (unpaired) electrons. The van der Waals surface area contributed by atoms with Gasteiger partial charge in [0.25, 0.3) is 5.91 Å². The number of nitrogens with one attached hydrogen (secondary N) is 1. The molecule has 1 atom stereocenters. The molecule has 1 aliphatic carbocycles. The van der Waals surface area contributed by atoms with Crippen molar-refractivity contribution < 1.29 is 15.0 Å². The predicted octanol–water partition coefficient (Wildman–Crippen LogP) is 1.06. The van der Waals surface area contributed by atoms with Gasteiger partial charge in [-0.25, -0.2) is 0 Å². The van der Waals surface area contributed by atoms with Gasteiger partial charge < -0.3 is 15.5 Å². The molecule has 1 amide bonds. The summed E-state index contributed by atoms with van der Waals surface area (Å²) in [6.45, 7) is 1.97. The summed E-state index contributed by atoms with van der Waals surface area (Å²) in [4.78, 5) is 14.5. The Hall–Kier alpha value is -1.75. The standard InChI is InChI=1S/C14H18N2O3/c17-12-4-1-9(7-13(12)18)14(19)15-10-5-6-16(8-10)11-2-3-11/h1,4,7,10-11,17-18H,2-3,5-6,8H2,(H,15,19). The minimum absolute atomic E-state index is 0.184. The van der Waals surface area contributed by atoms with Crippen LogP contribution in [-0.4, -0.2) is 46.2 Å². The number of rotatable bonds is 3. The normalized spacial score (nSPS) is 23.5. The van der Waals surface area contributed by atoms with E-state index in [1.807, 2.05) is 0 Å². The predicted molar refractivity (Wildman–Crippen MR) is 70.2 cm³/mol. The first-order valence-electron chi connectivity index (χ1n) is 6.70. The molecular formula is C14H18N2O3. The smallest absolute Gasteiger partial charge is 0.251 e. The van der Waals surface area contributed by atoms with Crippen LogP contribution in [0.25, 0.3) is 0 Å². The molecule has 0 spiro atoms. The fourth-order valence-corrected chi connectivity index (χ4v) is 2.61. The lowest BCUT2D eigenvalue weighted by Gasteiger charge is -2.15. The Morgan fingerprint density at radius 2 is 2.00 bits per heavy atom. The molecule has 0 bridgehead atoms. The van der Waals surface area contributed by atoms with E-state index in [0.717, 1.165) is 25.6 Å². The monoisotopic (exact) mass is 262 g/mol. The van der Waals surface area contributed by atoms with Crippen LogP contribution >= 0.6 is 0 Å². The van der Waals surface area contributed by atoms with Crippen molar-refractivity contribution in [1.82, 2.24) is 10.2 Å². The molecule has 2 fully saturated rings. The molecule has 19 heavy (non-hydrogen) atoms. The van der Waals surface area contributed by atoms with Crippen molar-refractivity contribution in [3.05, 3.63) is 23.8 Å². The Morgan fingerprint density at radius 1 is 1.21 bits per heavy atom. The van der Waals surface area contributed by atoms with Gasteiger partial charge >= 0.3 is 0 Å². The van der Waals surface area contributed by atoms with Gasteiger partial charge in [0.2, 0.25) is 0 Å². The number of amides is 1. The average Bonchev–Trinajstić information content (AvgIpc) is 3.14. The highest BCUT2D eigenvalue weighted by Gasteiger charge is 2.34. The Kier molecular flexibility index (Phi) is 3.06. The number of aromatic hydroxyl groups is 2. The number of phenolic OH excluding ortho intramolecular Hbond substituents is 2. The number of phenols is 2. The first-order chi connectivity index (χ1) is 9.13. The number of carbonyl (C=O) groups excluding carboxylic acids is 1. The van der Waals surface area contributed by atoms with Crippen LogP contribution in [0, 0.1) is 0 Å². The molecule has 5 heteroatoms. The molecule has 1 aliphatic heterocycles. The van der Waals surface area contributed by atoms with Gasteiger partial charge in [-0.3, -0.25) is 9.69 Å². The summed E-state index contributed by atoms with van der Waals surface area (Å²) in [5, 5.41) is 21.6. The Bertz CT molecular complexity index is 499. The van der Waals surface area contributed by atoms with Crippen LogP contribution in [0.3, 0.4) is 0 Å². The van der Waals surface area contributed by atoms with Gasteiger partial charge in [-0.2, -0.15) is 0 Å². The molecule has 1 unspecified atom stereocenters. The van der Waals surface area contributed by atoms with Crippen molar-refractivity contribution in [2.75, 3.05) is 13.1 Å². The van der Waals surface area contributed by atoms with Gasteiger partial charge in [0.05, 0.1) is 0 Å². The molecule has 1 saturated carbocycles. The van der Waals surface area contributed by atoms with Gasteiger partial charge in [-0.05, 0) is 37.5 Å². The molecule has 5 nitrogen and oxygen atoms in total. The summed E-state index contributed by atoms with van der Waals surface area (Å²) in [5.41, 5.74) is 0.375. The van der Waals surface area contributed by atoms with E-state index in [-0.39, 0.29) is 23.4 Å². The van der Waals surface area contributed by atoms with Crippen molar-refractivity contribution in [3.63, 3.8) is 0 Å². The van der Waals surface area contributed by atoms with Gasteiger partial charge in [0.1, 0.15) is 0 Å². The lowest BCUT2D eigenvalue weighted by Crippen LogP contribution is -2.37. The zero-order valence-electron chi connectivity index (χ0n) is 10.7. The van der Waals surface area contributed by atoms with Gasteiger partial charge in [-0.15, -0.1) is 0 Å². The van der Waals surface area contributed by atoms with Crippen LogP contribution in [0.1, 0.15) is 29.6 Å². The third-order valence-electron chi connectivity index (χ3n) is 3.86. The molecule has 1 saturated heterocycles. The van der Waals surface area contributed by atoms with Crippen LogP contribution in [-0.2, 0) is 0 Å². The number of benzene rings is 1. The van der Waals surface area contributed by atoms with Crippen molar-refractivity contribution in [1.29, 1.82) is 0 Å². The number of nitrogens with zero attached hydrogens (tertiary/aromatic N) is 1. The Morgan fingerprint density at radius 3 is 2.68 bits per heavy atom. The average molecular weight is 262 g/mol. The van der Waals surface area contributed by atoms with E-state index in [1.54, 1.807) is 0 Å². The molecule has 2 aliphatic rings. The summed E-state index contributed by atoms with van der Waals surface area (Å²) in [6.07, 6.45) is 3.55. The third kappa shape index (κ3) is 2.66. The van der Waals surface area contributed by atoms with E-state index in [0.29, 0.717) is 5.56 Å². The van der Waals surface area contributed by atoms with Crippen LogP contribution in [0.15, 0.2) is 18.2 Å². The first-order valence-corrected chi connectivity index (χ1v) is 6.70. The zero-order valence-corrected chi connectivity index (χ0v) is 10.7. The maximum Gasteiger partial charge on any atom is 0.251 e. The summed E-state index contributed by atoms with van der Waals surface area (Å²) >= 11 is 0. The van der Waals surface area contributed by atoms with E-state index < -0.39 is 0 Å². The lowest BCUT2D eigenvalue weighted by molar-refractivity contribution is 0.0937. The highest BCUT2D eigenvalue weighted by atomic mass is 16.3. The maximum atomic E-state index is 12.0. The molecule has 102 valence electrons. The molecule has 1 aromatic carbocycles. The second kappa shape index (κ2) is 4.74. The molecule has 1 heterocycles. The van der Waals surface area contributed by atoms with Gasteiger partial charge in [0, 0.05) is 30.7 Å². The van der Waals surface area contributed by atoms with Crippen molar-refractivity contribution >= 4 is 5.91 Å². The van der Waals surface area contributed by atoms with Crippen molar-refractivity contribution in [2.45, 2.75) is 31.3 Å². The molecule has 3 rings (SSSR count). The Balaban J connectivity index is 1.60. The van der Waals surface area contributed by atoms with Crippen molar-refractivity contribution in [3.8, 4) is 11.5 Å². The van der Waals surface area contributed by atoms with Crippen molar-refractivity contribution in [2.24, 2.45) is 0 Å². The third-order valence-corrected chi connectivity index (χ3v) is 3.86. The summed E-state index contributed by atoms with van der Waals surface area (Å²) < 4.78 is 0. The molecule has 1 aromatic rings. The lowest BCUT2D eigenvalue weighted by atomic mass is 10.1. The number of likely N-dealkylation sites (tertiary alicyclic amines) is 1. The molecule has 0 aromatic heterocycles. The second-order valence-corrected chi connectivity index (χ2v) is 5.39. The van der Waals surface area contributed by atoms with Crippen LogP contribution in [0.4, 0.5) is 0 Å². The summed E-state index contributed by atoms with van der Waals surface area (Å²) in [7, 11) is 0. The maximum absolute atomic E-state index is 12.0. The van der Waals surface area contributed by atoms with E-state index in [1.165, 1.54) is 31.0 Å². The highest BCUT2D eigenvalue weighted by molar-refractivity contribution is 5.95. The quantitative estimate of drug-likeness (QED) is 0.712. The van der Waals surface area contributed by atoms with E-state index in [2.05, 4.69) is 10.2 Å². The van der Waals surface area contributed by atoms with Crippen LogP contribution in [0.2, 0.25) is 0 Å². The fraction of sp³-hybridized carbons (Fsp3) is 0.500. The zero-order chi connectivity index (χ0) is 13.4. The van der Waals surface area contributed by atoms with Crippen LogP contribution in [0.5, 0.6) is 11.5 Å². The number of hydrogen-bond donors (Lipinski definition) is 3. The fourth-order valence-electron chi connectivity index (χ4n) is 2.61. The van der Waals surface area contributed by atoms with E-state index in [9.17, 15) is 15.0 Å². The van der Waals surface area contributed by atoms with Gasteiger partial charge in [-0.1, -0.05) is 0 Å². The highest BCUT2D eigenvalue weighted by Crippen LogP contribution is 2.30. The van der Waals surface area contributed by atoms with Gasteiger partial charge in [0.15, 0.2) is 11.5 Å². The van der Waals surface area contributed by atoms with E-state index >= 15 is 0 Å².